The van der Waals surface area contributed by atoms with Crippen molar-refractivity contribution < 1.29 is 10.2 Å². The first-order chi connectivity index (χ1) is 8.31. The van der Waals surface area contributed by atoms with E-state index in [0.717, 1.165) is 25.1 Å². The summed E-state index contributed by atoms with van der Waals surface area (Å²) in [6, 6.07) is 1.98. The Hall–Kier alpha value is -0.860. The van der Waals surface area contributed by atoms with Crippen molar-refractivity contribution in [2.24, 2.45) is 0 Å². The molecule has 0 saturated carbocycles. The van der Waals surface area contributed by atoms with Gasteiger partial charge in [0.15, 0.2) is 0 Å². The molecule has 1 heterocycles. The number of hydrogen-bond donors (Lipinski definition) is 2. The molecule has 0 unspecified atom stereocenters. The van der Waals surface area contributed by atoms with Gasteiger partial charge in [0, 0.05) is 23.5 Å². The van der Waals surface area contributed by atoms with Crippen molar-refractivity contribution in [3.8, 4) is 11.8 Å². The summed E-state index contributed by atoms with van der Waals surface area (Å²) in [5.74, 6) is 5.63. The normalized spacial score (nSPS) is 10.4. The van der Waals surface area contributed by atoms with Gasteiger partial charge in [-0.15, -0.1) is 11.3 Å². The molecule has 0 amide bonds. The van der Waals surface area contributed by atoms with E-state index in [4.69, 9.17) is 10.2 Å². The molecule has 0 spiro atoms. The van der Waals surface area contributed by atoms with Crippen LogP contribution in [0, 0.1) is 11.8 Å². The van der Waals surface area contributed by atoms with Crippen molar-refractivity contribution in [3.63, 3.8) is 0 Å². The summed E-state index contributed by atoms with van der Waals surface area (Å²) in [6.45, 7) is 4.70. The summed E-state index contributed by atoms with van der Waals surface area (Å²) < 4.78 is 0. The molecule has 1 aromatic rings. The third-order valence-electron chi connectivity index (χ3n) is 2.37. The zero-order valence-corrected chi connectivity index (χ0v) is 11.0. The van der Waals surface area contributed by atoms with Gasteiger partial charge in [0.2, 0.25) is 0 Å². The second-order valence-electron chi connectivity index (χ2n) is 3.72. The molecule has 1 aromatic heterocycles. The van der Waals surface area contributed by atoms with Crippen LogP contribution in [0.15, 0.2) is 11.4 Å². The van der Waals surface area contributed by atoms with Crippen molar-refractivity contribution in [1.82, 2.24) is 4.90 Å². The zero-order chi connectivity index (χ0) is 12.5. The van der Waals surface area contributed by atoms with Gasteiger partial charge in [-0.05, 0) is 24.4 Å². The second-order valence-corrected chi connectivity index (χ2v) is 4.72. The minimum atomic E-state index is -0.107. The summed E-state index contributed by atoms with van der Waals surface area (Å²) in [5.41, 5.74) is 0.989. The average Bonchev–Trinajstić information content (AvgIpc) is 2.74. The lowest BCUT2D eigenvalue weighted by Gasteiger charge is -2.19. The van der Waals surface area contributed by atoms with Crippen LogP contribution in [0.25, 0.3) is 0 Å². The number of rotatable bonds is 6. The Bertz CT molecular complexity index is 372. The van der Waals surface area contributed by atoms with Gasteiger partial charge in [-0.1, -0.05) is 18.8 Å². The molecule has 2 N–H and O–H groups in total. The molecule has 0 aliphatic carbocycles. The van der Waals surface area contributed by atoms with Crippen LogP contribution < -0.4 is 0 Å². The number of thiophene rings is 1. The monoisotopic (exact) mass is 253 g/mol. The SMILES string of the molecule is CCCN(CCO)Cc1sccc1C#CCO. The molecule has 0 saturated heterocycles. The van der Waals surface area contributed by atoms with Crippen molar-refractivity contribution >= 4 is 11.3 Å². The maximum Gasteiger partial charge on any atom is 0.104 e. The van der Waals surface area contributed by atoms with Gasteiger partial charge in [-0.2, -0.15) is 0 Å². The Morgan fingerprint density at radius 1 is 1.35 bits per heavy atom. The highest BCUT2D eigenvalue weighted by atomic mass is 32.1. The van der Waals surface area contributed by atoms with E-state index in [0.29, 0.717) is 6.54 Å². The van der Waals surface area contributed by atoms with Gasteiger partial charge in [0.05, 0.1) is 6.61 Å². The van der Waals surface area contributed by atoms with Gasteiger partial charge in [-0.25, -0.2) is 0 Å². The maximum atomic E-state index is 9.00. The van der Waals surface area contributed by atoms with Crippen molar-refractivity contribution in [1.29, 1.82) is 0 Å². The Morgan fingerprint density at radius 2 is 2.18 bits per heavy atom. The molecule has 0 fully saturated rings. The van der Waals surface area contributed by atoms with Gasteiger partial charge in [-0.3, -0.25) is 4.90 Å². The smallest absolute Gasteiger partial charge is 0.104 e. The third-order valence-corrected chi connectivity index (χ3v) is 3.28. The molecule has 94 valence electrons. The maximum absolute atomic E-state index is 9.00. The van der Waals surface area contributed by atoms with Gasteiger partial charge < -0.3 is 10.2 Å². The molecular weight excluding hydrogens is 234 g/mol. The molecule has 0 bridgehead atoms. The fourth-order valence-corrected chi connectivity index (χ4v) is 2.51. The van der Waals surface area contributed by atoms with Crippen LogP contribution in [0.3, 0.4) is 0 Å². The zero-order valence-electron chi connectivity index (χ0n) is 10.1. The molecule has 0 aliphatic heterocycles. The number of hydrogen-bond acceptors (Lipinski definition) is 4. The fourth-order valence-electron chi connectivity index (χ4n) is 1.64. The molecule has 17 heavy (non-hydrogen) atoms. The standard InChI is InChI=1S/C13H19NO2S/c1-2-6-14(7-9-16)11-13-12(4-3-8-15)5-10-17-13/h5,10,15-16H,2,6-9,11H2,1H3. The van der Waals surface area contributed by atoms with Crippen molar-refractivity contribution in [2.45, 2.75) is 19.9 Å². The first-order valence-corrected chi connectivity index (χ1v) is 6.69. The van der Waals surface area contributed by atoms with Crippen LogP contribution >= 0.6 is 11.3 Å². The molecule has 3 nitrogen and oxygen atoms in total. The van der Waals surface area contributed by atoms with E-state index in [9.17, 15) is 0 Å². The summed E-state index contributed by atoms with van der Waals surface area (Å²) in [5, 5.41) is 19.7. The van der Waals surface area contributed by atoms with E-state index >= 15 is 0 Å². The summed E-state index contributed by atoms with van der Waals surface area (Å²) >= 11 is 1.67. The highest BCUT2D eigenvalue weighted by molar-refractivity contribution is 7.10. The first-order valence-electron chi connectivity index (χ1n) is 5.81. The number of aliphatic hydroxyl groups is 2. The lowest BCUT2D eigenvalue weighted by molar-refractivity contribution is 0.191. The molecule has 4 heteroatoms. The minimum absolute atomic E-state index is 0.107. The predicted octanol–water partition coefficient (Wildman–Crippen LogP) is 1.30. The van der Waals surface area contributed by atoms with E-state index in [2.05, 4.69) is 23.7 Å². The van der Waals surface area contributed by atoms with Crippen molar-refractivity contribution in [2.75, 3.05) is 26.3 Å². The summed E-state index contributed by atoms with van der Waals surface area (Å²) in [4.78, 5) is 3.42. The summed E-state index contributed by atoms with van der Waals surface area (Å²) in [7, 11) is 0. The highest BCUT2D eigenvalue weighted by Gasteiger charge is 2.08. The van der Waals surface area contributed by atoms with Crippen LogP contribution in [0.2, 0.25) is 0 Å². The number of aliphatic hydroxyl groups excluding tert-OH is 2. The largest absolute Gasteiger partial charge is 0.395 e. The topological polar surface area (TPSA) is 43.7 Å². The minimum Gasteiger partial charge on any atom is -0.395 e. The lowest BCUT2D eigenvalue weighted by Crippen LogP contribution is -2.27. The quantitative estimate of drug-likeness (QED) is 0.751. The number of nitrogens with zero attached hydrogens (tertiary/aromatic N) is 1. The molecular formula is C13H19NO2S. The second kappa shape index (κ2) is 8.26. The predicted molar refractivity (Wildman–Crippen MR) is 70.9 cm³/mol. The Morgan fingerprint density at radius 3 is 2.82 bits per heavy atom. The van der Waals surface area contributed by atoms with Crippen LogP contribution in [0.5, 0.6) is 0 Å². The Kier molecular flexibility index (Phi) is 6.90. The first kappa shape index (κ1) is 14.2. The van der Waals surface area contributed by atoms with Crippen molar-refractivity contribution in [3.05, 3.63) is 21.9 Å². The van der Waals surface area contributed by atoms with E-state index in [1.165, 1.54) is 4.88 Å². The van der Waals surface area contributed by atoms with E-state index in [1.54, 1.807) is 11.3 Å². The Balaban J connectivity index is 2.68. The molecule has 0 aromatic carbocycles. The van der Waals surface area contributed by atoms with E-state index in [1.807, 2.05) is 11.4 Å². The van der Waals surface area contributed by atoms with E-state index < -0.39 is 0 Å². The van der Waals surface area contributed by atoms with Crippen LogP contribution in [0.4, 0.5) is 0 Å². The Labute approximate surface area is 107 Å². The molecule has 0 atom stereocenters. The van der Waals surface area contributed by atoms with Gasteiger partial charge >= 0.3 is 0 Å². The molecule has 1 rings (SSSR count). The van der Waals surface area contributed by atoms with Crippen LogP contribution in [-0.2, 0) is 6.54 Å². The third kappa shape index (κ3) is 4.88. The van der Waals surface area contributed by atoms with Gasteiger partial charge in [0.1, 0.15) is 6.61 Å². The summed E-state index contributed by atoms with van der Waals surface area (Å²) in [6.07, 6.45) is 1.07. The molecule has 0 aliphatic rings. The van der Waals surface area contributed by atoms with E-state index in [-0.39, 0.29) is 13.2 Å². The average molecular weight is 253 g/mol. The highest BCUT2D eigenvalue weighted by Crippen LogP contribution is 2.18. The van der Waals surface area contributed by atoms with Crippen LogP contribution in [-0.4, -0.2) is 41.4 Å². The lowest BCUT2D eigenvalue weighted by atomic mass is 10.2. The van der Waals surface area contributed by atoms with Crippen LogP contribution in [0.1, 0.15) is 23.8 Å². The van der Waals surface area contributed by atoms with Gasteiger partial charge in [0.25, 0.3) is 0 Å². The molecule has 0 radical (unpaired) electrons. The fraction of sp³-hybridized carbons (Fsp3) is 0.538.